The summed E-state index contributed by atoms with van der Waals surface area (Å²) in [6.07, 6.45) is -0.306. The summed E-state index contributed by atoms with van der Waals surface area (Å²) in [6, 6.07) is 10.5. The molecule has 3 rings (SSSR count). The lowest BCUT2D eigenvalue weighted by molar-refractivity contribution is 0.166. The van der Waals surface area contributed by atoms with Gasteiger partial charge < -0.3 is 9.84 Å². The van der Waals surface area contributed by atoms with Crippen LogP contribution in [0.25, 0.3) is 0 Å². The van der Waals surface area contributed by atoms with E-state index in [0.717, 1.165) is 5.56 Å². The van der Waals surface area contributed by atoms with Crippen molar-refractivity contribution >= 4 is 15.7 Å². The van der Waals surface area contributed by atoms with E-state index < -0.39 is 16.1 Å². The number of anilines is 1. The molecular formula is C18H21NO4S. The van der Waals surface area contributed by atoms with Gasteiger partial charge in [0, 0.05) is 18.2 Å². The molecule has 1 unspecified atom stereocenters. The van der Waals surface area contributed by atoms with Gasteiger partial charge in [-0.2, -0.15) is 0 Å². The molecule has 2 aromatic carbocycles. The lowest BCUT2D eigenvalue weighted by Gasteiger charge is -2.33. The highest BCUT2D eigenvalue weighted by Crippen LogP contribution is 2.39. The summed E-state index contributed by atoms with van der Waals surface area (Å²) in [5, 5.41) is 10.2. The molecule has 0 saturated heterocycles. The summed E-state index contributed by atoms with van der Waals surface area (Å²) in [5.41, 5.74) is 2.68. The predicted molar refractivity (Wildman–Crippen MR) is 93.0 cm³/mol. The molecule has 0 radical (unpaired) electrons. The maximum absolute atomic E-state index is 13.2. The molecule has 0 aromatic heterocycles. The van der Waals surface area contributed by atoms with Crippen molar-refractivity contribution in [3.8, 4) is 5.75 Å². The molecule has 0 aliphatic carbocycles. The second kappa shape index (κ2) is 6.11. The minimum absolute atomic E-state index is 0.233. The summed E-state index contributed by atoms with van der Waals surface area (Å²) in [7, 11) is -2.18. The second-order valence-corrected chi connectivity index (χ2v) is 7.91. The normalized spacial score (nSPS) is 17.5. The number of aliphatic hydroxyl groups is 1. The van der Waals surface area contributed by atoms with Crippen LogP contribution in [0.1, 0.15) is 29.2 Å². The van der Waals surface area contributed by atoms with E-state index in [1.807, 2.05) is 19.1 Å². The summed E-state index contributed by atoms with van der Waals surface area (Å²) in [5.74, 6) is 0.559. The van der Waals surface area contributed by atoms with Crippen molar-refractivity contribution < 1.29 is 18.3 Å². The summed E-state index contributed by atoms with van der Waals surface area (Å²) in [6.45, 7) is 3.89. The number of rotatable bonds is 3. The van der Waals surface area contributed by atoms with Gasteiger partial charge in [-0.15, -0.1) is 0 Å². The lowest BCUT2D eigenvalue weighted by atomic mass is 10.0. The van der Waals surface area contributed by atoms with Crippen LogP contribution < -0.4 is 9.04 Å². The van der Waals surface area contributed by atoms with Gasteiger partial charge in [-0.1, -0.05) is 18.2 Å². The number of ether oxygens (including phenoxy) is 1. The Hall–Kier alpha value is -2.05. The van der Waals surface area contributed by atoms with E-state index >= 15 is 0 Å². The molecule has 1 heterocycles. The van der Waals surface area contributed by atoms with Crippen molar-refractivity contribution in [2.24, 2.45) is 0 Å². The van der Waals surface area contributed by atoms with E-state index in [0.29, 0.717) is 33.9 Å². The molecule has 0 fully saturated rings. The van der Waals surface area contributed by atoms with Gasteiger partial charge >= 0.3 is 0 Å². The average molecular weight is 347 g/mol. The van der Waals surface area contributed by atoms with Crippen LogP contribution in [0.3, 0.4) is 0 Å². The van der Waals surface area contributed by atoms with Gasteiger partial charge in [-0.25, -0.2) is 8.42 Å². The smallest absolute Gasteiger partial charge is 0.264 e. The summed E-state index contributed by atoms with van der Waals surface area (Å²) >= 11 is 0. The minimum Gasteiger partial charge on any atom is -0.497 e. The largest absolute Gasteiger partial charge is 0.497 e. The van der Waals surface area contributed by atoms with Crippen LogP contribution in [0.2, 0.25) is 0 Å². The highest BCUT2D eigenvalue weighted by Gasteiger charge is 2.33. The minimum atomic E-state index is -3.71. The number of nitrogens with zero attached hydrogens (tertiary/aromatic N) is 1. The maximum atomic E-state index is 13.2. The molecule has 128 valence electrons. The highest BCUT2D eigenvalue weighted by atomic mass is 32.2. The van der Waals surface area contributed by atoms with E-state index in [1.54, 1.807) is 31.2 Å². The molecule has 0 bridgehead atoms. The summed E-state index contributed by atoms with van der Waals surface area (Å²) in [4.78, 5) is 0.299. The Balaban J connectivity index is 2.16. The first-order valence-electron chi connectivity index (χ1n) is 7.80. The predicted octanol–water partition coefficient (Wildman–Crippen LogP) is 2.94. The quantitative estimate of drug-likeness (QED) is 0.927. The third kappa shape index (κ3) is 2.76. The number of methoxy groups -OCH3 is 1. The average Bonchev–Trinajstić information content (AvgIpc) is 2.56. The van der Waals surface area contributed by atoms with Crippen LogP contribution in [0.5, 0.6) is 5.75 Å². The zero-order valence-corrected chi connectivity index (χ0v) is 14.8. The van der Waals surface area contributed by atoms with Crippen LogP contribution in [0.15, 0.2) is 41.3 Å². The number of sulfonamides is 1. The van der Waals surface area contributed by atoms with Gasteiger partial charge in [0.15, 0.2) is 0 Å². The fraction of sp³-hybridized carbons (Fsp3) is 0.333. The van der Waals surface area contributed by atoms with Crippen LogP contribution in [0.4, 0.5) is 5.69 Å². The SMILES string of the molecule is COc1ccc2c(c1)N(S(=O)(=O)c1cc(C)ccc1C)CCC2O. The number of hydrogen-bond donors (Lipinski definition) is 1. The third-order valence-electron chi connectivity index (χ3n) is 4.38. The Bertz CT molecular complexity index is 877. The monoisotopic (exact) mass is 347 g/mol. The molecular weight excluding hydrogens is 326 g/mol. The van der Waals surface area contributed by atoms with Gasteiger partial charge in [-0.05, 0) is 43.5 Å². The van der Waals surface area contributed by atoms with Gasteiger partial charge in [0.1, 0.15) is 5.75 Å². The number of fused-ring (bicyclic) bond motifs is 1. The fourth-order valence-corrected chi connectivity index (χ4v) is 4.83. The molecule has 1 aliphatic rings. The van der Waals surface area contributed by atoms with Gasteiger partial charge in [0.05, 0.1) is 23.8 Å². The van der Waals surface area contributed by atoms with Crippen molar-refractivity contribution in [1.82, 2.24) is 0 Å². The molecule has 0 spiro atoms. The zero-order valence-electron chi connectivity index (χ0n) is 14.0. The maximum Gasteiger partial charge on any atom is 0.264 e. The van der Waals surface area contributed by atoms with Gasteiger partial charge in [0.25, 0.3) is 10.0 Å². The molecule has 2 aromatic rings. The Morgan fingerprint density at radius 3 is 2.62 bits per heavy atom. The fourth-order valence-electron chi connectivity index (χ4n) is 3.02. The first kappa shape index (κ1) is 16.8. The Morgan fingerprint density at radius 2 is 1.92 bits per heavy atom. The van der Waals surface area contributed by atoms with Crippen LogP contribution in [-0.4, -0.2) is 27.2 Å². The Morgan fingerprint density at radius 1 is 1.17 bits per heavy atom. The Kier molecular flexibility index (Phi) is 4.27. The Labute approximate surface area is 142 Å². The molecule has 1 aliphatic heterocycles. The molecule has 1 atom stereocenters. The van der Waals surface area contributed by atoms with Crippen molar-refractivity contribution in [1.29, 1.82) is 0 Å². The van der Waals surface area contributed by atoms with Gasteiger partial charge in [0.2, 0.25) is 0 Å². The zero-order chi connectivity index (χ0) is 17.5. The van der Waals surface area contributed by atoms with Crippen LogP contribution in [0, 0.1) is 13.8 Å². The lowest BCUT2D eigenvalue weighted by Crippen LogP contribution is -2.37. The molecule has 0 saturated carbocycles. The van der Waals surface area contributed by atoms with Crippen LogP contribution >= 0.6 is 0 Å². The first-order chi connectivity index (χ1) is 11.3. The standard InChI is InChI=1S/C18H21NO4S/c1-12-4-5-13(2)18(10-12)24(21,22)19-9-8-17(20)15-7-6-14(23-3)11-16(15)19/h4-7,10-11,17,20H,8-9H2,1-3H3. The highest BCUT2D eigenvalue weighted by molar-refractivity contribution is 7.92. The van der Waals surface area contributed by atoms with Crippen molar-refractivity contribution in [3.05, 3.63) is 53.1 Å². The number of hydrogen-bond acceptors (Lipinski definition) is 4. The van der Waals surface area contributed by atoms with Crippen molar-refractivity contribution in [3.63, 3.8) is 0 Å². The van der Waals surface area contributed by atoms with Crippen molar-refractivity contribution in [2.75, 3.05) is 18.0 Å². The van der Waals surface area contributed by atoms with E-state index in [1.165, 1.54) is 11.4 Å². The third-order valence-corrected chi connectivity index (χ3v) is 6.34. The van der Waals surface area contributed by atoms with Gasteiger partial charge in [-0.3, -0.25) is 4.31 Å². The van der Waals surface area contributed by atoms with E-state index in [2.05, 4.69) is 0 Å². The molecule has 24 heavy (non-hydrogen) atoms. The van der Waals surface area contributed by atoms with Crippen LogP contribution in [-0.2, 0) is 10.0 Å². The number of aliphatic hydroxyl groups excluding tert-OH is 1. The topological polar surface area (TPSA) is 66.8 Å². The molecule has 0 amide bonds. The molecule has 1 N–H and O–H groups in total. The number of aryl methyl sites for hydroxylation is 2. The van der Waals surface area contributed by atoms with Crippen molar-refractivity contribution in [2.45, 2.75) is 31.3 Å². The molecule has 6 heteroatoms. The van der Waals surface area contributed by atoms with E-state index in [4.69, 9.17) is 4.74 Å². The molecule has 5 nitrogen and oxygen atoms in total. The second-order valence-electron chi connectivity index (χ2n) is 6.08. The summed E-state index contributed by atoms with van der Waals surface area (Å²) < 4.78 is 33.1. The number of benzene rings is 2. The first-order valence-corrected chi connectivity index (χ1v) is 9.24. The van der Waals surface area contributed by atoms with E-state index in [9.17, 15) is 13.5 Å². The van der Waals surface area contributed by atoms with E-state index in [-0.39, 0.29) is 6.54 Å².